The van der Waals surface area contributed by atoms with E-state index in [0.717, 1.165) is 25.7 Å². The molecule has 19 heavy (non-hydrogen) atoms. The fourth-order valence-electron chi connectivity index (χ4n) is 2.97. The molecule has 0 radical (unpaired) electrons. The van der Waals surface area contributed by atoms with E-state index in [2.05, 4.69) is 12.2 Å². The summed E-state index contributed by atoms with van der Waals surface area (Å²) in [4.78, 5) is 11.8. The van der Waals surface area contributed by atoms with E-state index in [9.17, 15) is 9.90 Å². The van der Waals surface area contributed by atoms with Gasteiger partial charge in [-0.05, 0) is 19.3 Å². The van der Waals surface area contributed by atoms with Crippen molar-refractivity contribution >= 4 is 5.91 Å². The van der Waals surface area contributed by atoms with Crippen molar-refractivity contribution in [3.05, 3.63) is 0 Å². The van der Waals surface area contributed by atoms with Crippen molar-refractivity contribution < 1.29 is 9.90 Å². The first-order valence-electron chi connectivity index (χ1n) is 8.18. The lowest BCUT2D eigenvalue weighted by Crippen LogP contribution is -2.38. The van der Waals surface area contributed by atoms with E-state index >= 15 is 0 Å². The lowest BCUT2D eigenvalue weighted by atomic mass is 10.0. The molecule has 0 aromatic rings. The van der Waals surface area contributed by atoms with Gasteiger partial charge in [0.1, 0.15) is 0 Å². The Morgan fingerprint density at radius 2 is 1.79 bits per heavy atom. The Morgan fingerprint density at radius 3 is 2.47 bits per heavy atom. The molecule has 2 atom stereocenters. The molecule has 1 saturated carbocycles. The van der Waals surface area contributed by atoms with E-state index in [0.29, 0.717) is 6.42 Å². The standard InChI is InChI=1S/C16H31NO2/c1-2-3-4-5-6-7-8-12-16(19)17-15-11-9-10-14(15)13-18/h14-15,18H,2-13H2,1H3,(H,17,19). The average Bonchev–Trinajstić information content (AvgIpc) is 2.85. The second-order valence-electron chi connectivity index (χ2n) is 5.92. The highest BCUT2D eigenvalue weighted by Crippen LogP contribution is 2.25. The predicted octanol–water partition coefficient (Wildman–Crippen LogP) is 3.40. The Hall–Kier alpha value is -0.570. The molecular weight excluding hydrogens is 238 g/mol. The first-order chi connectivity index (χ1) is 9.27. The molecule has 3 nitrogen and oxygen atoms in total. The monoisotopic (exact) mass is 269 g/mol. The highest BCUT2D eigenvalue weighted by molar-refractivity contribution is 5.76. The van der Waals surface area contributed by atoms with Crippen molar-refractivity contribution in [2.45, 2.75) is 83.6 Å². The third-order valence-corrected chi connectivity index (χ3v) is 4.25. The van der Waals surface area contributed by atoms with Crippen molar-refractivity contribution in [3.8, 4) is 0 Å². The zero-order valence-corrected chi connectivity index (χ0v) is 12.5. The van der Waals surface area contributed by atoms with E-state index in [1.165, 1.54) is 38.5 Å². The van der Waals surface area contributed by atoms with Gasteiger partial charge in [0.05, 0.1) is 0 Å². The second kappa shape index (κ2) is 10.2. The summed E-state index contributed by atoms with van der Waals surface area (Å²) >= 11 is 0. The quantitative estimate of drug-likeness (QED) is 0.597. The van der Waals surface area contributed by atoms with E-state index < -0.39 is 0 Å². The van der Waals surface area contributed by atoms with Crippen LogP contribution in [0.25, 0.3) is 0 Å². The van der Waals surface area contributed by atoms with Crippen LogP contribution in [0.1, 0.15) is 77.6 Å². The van der Waals surface area contributed by atoms with Gasteiger partial charge in [0.25, 0.3) is 0 Å². The van der Waals surface area contributed by atoms with Gasteiger partial charge in [-0.25, -0.2) is 0 Å². The van der Waals surface area contributed by atoms with Crippen LogP contribution in [0.3, 0.4) is 0 Å². The van der Waals surface area contributed by atoms with Gasteiger partial charge in [0.2, 0.25) is 5.91 Å². The maximum absolute atomic E-state index is 11.8. The summed E-state index contributed by atoms with van der Waals surface area (Å²) in [5.74, 6) is 0.469. The van der Waals surface area contributed by atoms with E-state index in [1.807, 2.05) is 0 Å². The molecule has 1 amide bonds. The maximum Gasteiger partial charge on any atom is 0.220 e. The number of rotatable bonds is 10. The molecule has 2 unspecified atom stereocenters. The van der Waals surface area contributed by atoms with Crippen LogP contribution in [-0.4, -0.2) is 23.7 Å². The van der Waals surface area contributed by atoms with Crippen LogP contribution < -0.4 is 5.32 Å². The zero-order chi connectivity index (χ0) is 13.9. The Morgan fingerprint density at radius 1 is 1.11 bits per heavy atom. The summed E-state index contributed by atoms with van der Waals surface area (Å²) in [5.41, 5.74) is 0. The van der Waals surface area contributed by atoms with E-state index in [4.69, 9.17) is 0 Å². The molecule has 1 aliphatic rings. The summed E-state index contributed by atoms with van der Waals surface area (Å²) in [6.45, 7) is 2.44. The molecular formula is C16H31NO2. The molecule has 1 aliphatic carbocycles. The number of nitrogens with one attached hydrogen (secondary N) is 1. The van der Waals surface area contributed by atoms with Gasteiger partial charge in [-0.3, -0.25) is 4.79 Å². The number of carbonyl (C=O) groups excluding carboxylic acids is 1. The Balaban J connectivity index is 1.99. The Kier molecular flexibility index (Phi) is 8.89. The molecule has 0 spiro atoms. The van der Waals surface area contributed by atoms with Crippen LogP contribution in [0.15, 0.2) is 0 Å². The molecule has 1 rings (SSSR count). The minimum absolute atomic E-state index is 0.180. The van der Waals surface area contributed by atoms with E-state index in [-0.39, 0.29) is 24.5 Å². The molecule has 0 heterocycles. The molecule has 1 fully saturated rings. The Labute approximate surface area is 118 Å². The SMILES string of the molecule is CCCCCCCCCC(=O)NC1CCCC1CO. The highest BCUT2D eigenvalue weighted by Gasteiger charge is 2.27. The molecule has 0 bridgehead atoms. The molecule has 0 aromatic heterocycles. The Bertz CT molecular complexity index is 243. The average molecular weight is 269 g/mol. The van der Waals surface area contributed by atoms with Crippen molar-refractivity contribution in [1.82, 2.24) is 5.32 Å². The maximum atomic E-state index is 11.8. The number of hydrogen-bond acceptors (Lipinski definition) is 2. The lowest BCUT2D eigenvalue weighted by Gasteiger charge is -2.18. The minimum Gasteiger partial charge on any atom is -0.396 e. The third-order valence-electron chi connectivity index (χ3n) is 4.25. The zero-order valence-electron chi connectivity index (χ0n) is 12.5. The van der Waals surface area contributed by atoms with Gasteiger partial charge in [-0.15, -0.1) is 0 Å². The van der Waals surface area contributed by atoms with Crippen molar-refractivity contribution in [2.75, 3.05) is 6.61 Å². The summed E-state index contributed by atoms with van der Waals surface area (Å²) in [5, 5.41) is 12.3. The number of hydrogen-bond donors (Lipinski definition) is 2. The topological polar surface area (TPSA) is 49.3 Å². The van der Waals surface area contributed by atoms with Gasteiger partial charge in [-0.2, -0.15) is 0 Å². The highest BCUT2D eigenvalue weighted by atomic mass is 16.3. The first-order valence-corrected chi connectivity index (χ1v) is 8.18. The van der Waals surface area contributed by atoms with Gasteiger partial charge in [0, 0.05) is 25.0 Å². The number of unbranched alkanes of at least 4 members (excludes halogenated alkanes) is 6. The van der Waals surface area contributed by atoms with Crippen LogP contribution in [0.4, 0.5) is 0 Å². The minimum atomic E-state index is 0.180. The summed E-state index contributed by atoms with van der Waals surface area (Å²) in [7, 11) is 0. The van der Waals surface area contributed by atoms with Crippen LogP contribution in [-0.2, 0) is 4.79 Å². The van der Waals surface area contributed by atoms with Crippen molar-refractivity contribution in [2.24, 2.45) is 5.92 Å². The van der Waals surface area contributed by atoms with E-state index in [1.54, 1.807) is 0 Å². The summed E-state index contributed by atoms with van der Waals surface area (Å²) < 4.78 is 0. The van der Waals surface area contributed by atoms with Gasteiger partial charge in [-0.1, -0.05) is 51.9 Å². The van der Waals surface area contributed by atoms with Gasteiger partial charge in [0.15, 0.2) is 0 Å². The normalized spacial score (nSPS) is 22.6. The molecule has 0 saturated heterocycles. The van der Waals surface area contributed by atoms with Crippen LogP contribution in [0.2, 0.25) is 0 Å². The summed E-state index contributed by atoms with van der Waals surface area (Å²) in [6, 6.07) is 0.224. The molecule has 0 aromatic carbocycles. The first kappa shape index (κ1) is 16.5. The molecule has 2 N–H and O–H groups in total. The predicted molar refractivity (Wildman–Crippen MR) is 79.0 cm³/mol. The van der Waals surface area contributed by atoms with Crippen LogP contribution >= 0.6 is 0 Å². The smallest absolute Gasteiger partial charge is 0.220 e. The van der Waals surface area contributed by atoms with Gasteiger partial charge >= 0.3 is 0 Å². The van der Waals surface area contributed by atoms with Crippen LogP contribution in [0, 0.1) is 5.92 Å². The fourth-order valence-corrected chi connectivity index (χ4v) is 2.97. The van der Waals surface area contributed by atoms with Crippen molar-refractivity contribution in [3.63, 3.8) is 0 Å². The lowest BCUT2D eigenvalue weighted by molar-refractivity contribution is -0.122. The number of carbonyl (C=O) groups is 1. The largest absolute Gasteiger partial charge is 0.396 e. The number of aliphatic hydroxyl groups is 1. The molecule has 0 aliphatic heterocycles. The van der Waals surface area contributed by atoms with Crippen molar-refractivity contribution in [1.29, 1.82) is 0 Å². The summed E-state index contributed by atoms with van der Waals surface area (Å²) in [6.07, 6.45) is 12.6. The van der Waals surface area contributed by atoms with Gasteiger partial charge < -0.3 is 10.4 Å². The molecule has 3 heteroatoms. The third kappa shape index (κ3) is 6.95. The van der Waals surface area contributed by atoms with Crippen LogP contribution in [0.5, 0.6) is 0 Å². The molecule has 112 valence electrons. The second-order valence-corrected chi connectivity index (χ2v) is 5.92. The number of aliphatic hydroxyl groups excluding tert-OH is 1. The fraction of sp³-hybridized carbons (Fsp3) is 0.938. The number of amides is 1.